The molecular formula is C26H30N6. The number of anilines is 1. The van der Waals surface area contributed by atoms with E-state index in [1.165, 1.54) is 5.56 Å². The highest BCUT2D eigenvalue weighted by molar-refractivity contribution is 5.83. The van der Waals surface area contributed by atoms with Crippen LogP contribution in [0.3, 0.4) is 0 Å². The molecule has 6 heteroatoms. The van der Waals surface area contributed by atoms with Crippen LogP contribution in [-0.4, -0.2) is 64.6 Å². The Hall–Kier alpha value is -3.38. The minimum atomic E-state index is 0.725. The summed E-state index contributed by atoms with van der Waals surface area (Å²) in [7, 11) is 4.21. The van der Waals surface area contributed by atoms with Crippen LogP contribution >= 0.6 is 0 Å². The van der Waals surface area contributed by atoms with Crippen LogP contribution < -0.4 is 4.90 Å². The Morgan fingerprint density at radius 2 is 1.78 bits per heavy atom. The summed E-state index contributed by atoms with van der Waals surface area (Å²) < 4.78 is 2.23. The number of benzene rings is 1. The van der Waals surface area contributed by atoms with Gasteiger partial charge in [-0.2, -0.15) is 0 Å². The Labute approximate surface area is 189 Å². The van der Waals surface area contributed by atoms with E-state index in [-0.39, 0.29) is 0 Å². The molecule has 5 rings (SSSR count). The van der Waals surface area contributed by atoms with Crippen molar-refractivity contribution in [1.29, 1.82) is 0 Å². The largest absolute Gasteiger partial charge is 0.368 e. The summed E-state index contributed by atoms with van der Waals surface area (Å²) in [5.41, 5.74) is 7.47. The molecule has 32 heavy (non-hydrogen) atoms. The maximum atomic E-state index is 5.09. The van der Waals surface area contributed by atoms with Crippen molar-refractivity contribution >= 4 is 22.4 Å². The number of hydrogen-bond donors (Lipinski definition) is 0. The number of likely N-dealkylation sites (N-methyl/N-ethyl adjacent to an activating group) is 2. The molecule has 0 saturated carbocycles. The van der Waals surface area contributed by atoms with Crippen LogP contribution in [0.2, 0.25) is 0 Å². The van der Waals surface area contributed by atoms with Gasteiger partial charge in [-0.1, -0.05) is 36.9 Å². The lowest BCUT2D eigenvalue weighted by atomic mass is 10.1. The zero-order valence-corrected chi connectivity index (χ0v) is 19.1. The van der Waals surface area contributed by atoms with Crippen LogP contribution in [0.15, 0.2) is 72.7 Å². The van der Waals surface area contributed by atoms with Gasteiger partial charge in [0, 0.05) is 50.7 Å². The number of pyridine rings is 1. The molecule has 0 radical (unpaired) electrons. The topological polar surface area (TPSA) is 40.4 Å². The first kappa shape index (κ1) is 20.5. The number of rotatable bonds is 4. The van der Waals surface area contributed by atoms with Gasteiger partial charge in [0.05, 0.1) is 18.4 Å². The second-order valence-corrected chi connectivity index (χ2v) is 8.80. The number of allylic oxidation sites excluding steroid dienone is 3. The highest BCUT2D eigenvalue weighted by atomic mass is 15.3. The van der Waals surface area contributed by atoms with E-state index in [1.807, 2.05) is 19.3 Å². The number of piperazine rings is 1. The molecule has 1 saturated heterocycles. The molecule has 2 aliphatic rings. The Bertz CT molecular complexity index is 1210. The number of fused-ring (bicyclic) bond motifs is 1. The molecule has 2 aliphatic heterocycles. The Kier molecular flexibility index (Phi) is 5.31. The third-order valence-corrected chi connectivity index (χ3v) is 6.47. The maximum Gasteiger partial charge on any atom is 0.160 e. The standard InChI is InChI=1S/C26H30N6/c1-19-14-22(18-30(4)20(19)2)25-28-24-15-23(31-12-10-29(3)11-13-31)16-27-26(24)32(25)17-21-8-6-5-7-9-21/h5-9,14-16,18H,2,10-13,17H2,1,3-4H3. The quantitative estimate of drug-likeness (QED) is 0.631. The SMILES string of the molecule is C=C1C(C)=CC(c2nc3cc(N4CCN(C)CC4)cnc3n2Cc2ccccc2)=CN1C. The highest BCUT2D eigenvalue weighted by Gasteiger charge is 2.21. The maximum absolute atomic E-state index is 5.09. The highest BCUT2D eigenvalue weighted by Crippen LogP contribution is 2.30. The molecule has 0 aliphatic carbocycles. The number of hydrogen-bond acceptors (Lipinski definition) is 5. The summed E-state index contributed by atoms with van der Waals surface area (Å²) in [5.74, 6) is 0.936. The van der Waals surface area contributed by atoms with E-state index in [4.69, 9.17) is 9.97 Å². The smallest absolute Gasteiger partial charge is 0.160 e. The monoisotopic (exact) mass is 426 g/mol. The van der Waals surface area contributed by atoms with Crippen molar-refractivity contribution in [2.24, 2.45) is 0 Å². The van der Waals surface area contributed by atoms with Gasteiger partial charge in [0.2, 0.25) is 0 Å². The lowest BCUT2D eigenvalue weighted by Crippen LogP contribution is -2.44. The molecule has 1 aromatic carbocycles. The lowest BCUT2D eigenvalue weighted by molar-refractivity contribution is 0.313. The fourth-order valence-electron chi connectivity index (χ4n) is 4.41. The van der Waals surface area contributed by atoms with Crippen molar-refractivity contribution in [3.8, 4) is 0 Å². The van der Waals surface area contributed by atoms with E-state index < -0.39 is 0 Å². The van der Waals surface area contributed by atoms with E-state index in [1.54, 1.807) is 0 Å². The Balaban J connectivity index is 1.60. The van der Waals surface area contributed by atoms with Crippen molar-refractivity contribution in [3.05, 3.63) is 84.1 Å². The van der Waals surface area contributed by atoms with E-state index >= 15 is 0 Å². The van der Waals surface area contributed by atoms with Gasteiger partial charge in [0.1, 0.15) is 11.3 Å². The predicted molar refractivity (Wildman–Crippen MR) is 131 cm³/mol. The van der Waals surface area contributed by atoms with E-state index in [0.717, 1.165) is 72.2 Å². The third-order valence-electron chi connectivity index (χ3n) is 6.47. The molecule has 3 aromatic rings. The molecule has 0 bridgehead atoms. The Morgan fingerprint density at radius 3 is 2.50 bits per heavy atom. The van der Waals surface area contributed by atoms with Gasteiger partial charge in [-0.3, -0.25) is 0 Å². The molecule has 6 nitrogen and oxygen atoms in total. The van der Waals surface area contributed by atoms with Crippen LogP contribution in [0.5, 0.6) is 0 Å². The van der Waals surface area contributed by atoms with E-state index in [2.05, 4.69) is 82.4 Å². The summed E-state index contributed by atoms with van der Waals surface area (Å²) >= 11 is 0. The molecule has 2 aromatic heterocycles. The average molecular weight is 427 g/mol. The fraction of sp³-hybridized carbons (Fsp3) is 0.308. The van der Waals surface area contributed by atoms with Crippen LogP contribution in [0.1, 0.15) is 18.3 Å². The van der Waals surface area contributed by atoms with Crippen LogP contribution in [0.25, 0.3) is 16.7 Å². The number of imidazole rings is 1. The molecule has 4 heterocycles. The third kappa shape index (κ3) is 3.82. The molecule has 164 valence electrons. The second-order valence-electron chi connectivity index (χ2n) is 8.80. The van der Waals surface area contributed by atoms with Gasteiger partial charge in [-0.05, 0) is 37.3 Å². The predicted octanol–water partition coefficient (Wildman–Crippen LogP) is 3.98. The lowest BCUT2D eigenvalue weighted by Gasteiger charge is -2.33. The van der Waals surface area contributed by atoms with Gasteiger partial charge in [-0.25, -0.2) is 9.97 Å². The van der Waals surface area contributed by atoms with E-state index in [0.29, 0.717) is 0 Å². The summed E-state index contributed by atoms with van der Waals surface area (Å²) in [4.78, 5) is 16.8. The molecule has 0 spiro atoms. The Morgan fingerprint density at radius 1 is 1.03 bits per heavy atom. The first-order valence-corrected chi connectivity index (χ1v) is 11.2. The van der Waals surface area contributed by atoms with Crippen molar-refractivity contribution < 1.29 is 0 Å². The molecule has 0 N–H and O–H groups in total. The second kappa shape index (κ2) is 8.28. The molecule has 0 atom stereocenters. The van der Waals surface area contributed by atoms with Gasteiger partial charge in [0.25, 0.3) is 0 Å². The number of aromatic nitrogens is 3. The summed E-state index contributed by atoms with van der Waals surface area (Å²) in [6, 6.07) is 12.7. The normalized spacial score (nSPS) is 17.7. The van der Waals surface area contributed by atoms with Gasteiger partial charge < -0.3 is 19.3 Å². The van der Waals surface area contributed by atoms with Gasteiger partial charge in [-0.15, -0.1) is 0 Å². The van der Waals surface area contributed by atoms with Crippen LogP contribution in [0.4, 0.5) is 5.69 Å². The minimum absolute atomic E-state index is 0.725. The summed E-state index contributed by atoms with van der Waals surface area (Å²) in [6.45, 7) is 11.2. The van der Waals surface area contributed by atoms with Crippen molar-refractivity contribution in [1.82, 2.24) is 24.3 Å². The van der Waals surface area contributed by atoms with E-state index in [9.17, 15) is 0 Å². The van der Waals surface area contributed by atoms with Crippen LogP contribution in [0, 0.1) is 0 Å². The fourth-order valence-corrected chi connectivity index (χ4v) is 4.41. The van der Waals surface area contributed by atoms with Crippen molar-refractivity contribution in [2.45, 2.75) is 13.5 Å². The first-order chi connectivity index (χ1) is 15.5. The van der Waals surface area contributed by atoms with Crippen molar-refractivity contribution in [3.63, 3.8) is 0 Å². The summed E-state index contributed by atoms with van der Waals surface area (Å²) in [5, 5.41) is 0. The number of nitrogens with zero attached hydrogens (tertiary/aromatic N) is 6. The van der Waals surface area contributed by atoms with Crippen molar-refractivity contribution in [2.75, 3.05) is 45.2 Å². The van der Waals surface area contributed by atoms with Crippen LogP contribution in [-0.2, 0) is 6.54 Å². The molecule has 1 fully saturated rings. The summed E-state index contributed by atoms with van der Waals surface area (Å²) in [6.07, 6.45) is 6.29. The average Bonchev–Trinajstić information content (AvgIpc) is 3.16. The molecular weight excluding hydrogens is 396 g/mol. The zero-order valence-electron chi connectivity index (χ0n) is 19.1. The van der Waals surface area contributed by atoms with Gasteiger partial charge >= 0.3 is 0 Å². The minimum Gasteiger partial charge on any atom is -0.368 e. The van der Waals surface area contributed by atoms with Gasteiger partial charge in [0.15, 0.2) is 5.65 Å². The molecule has 0 amide bonds. The zero-order chi connectivity index (χ0) is 22.2. The first-order valence-electron chi connectivity index (χ1n) is 11.2. The molecule has 0 unspecified atom stereocenters.